The standard InChI is InChI=1S/C24H17Cl2N3O3S/c1-14(30)18-4-2-3-5-20(18)27-22(31)13-33-24-28-21-12-16(26)8-11-19(21)23(32)29(24)17-9-6-15(25)7-10-17/h2-12H,13H2,1H3,(H,27,31). The molecule has 1 amide bonds. The minimum absolute atomic E-state index is 0.0294. The molecule has 4 aromatic rings. The van der Waals surface area contributed by atoms with Crippen LogP contribution >= 0.6 is 35.0 Å². The molecular weight excluding hydrogens is 481 g/mol. The van der Waals surface area contributed by atoms with Crippen LogP contribution in [0.2, 0.25) is 10.0 Å². The number of amides is 1. The van der Waals surface area contributed by atoms with Gasteiger partial charge >= 0.3 is 0 Å². The summed E-state index contributed by atoms with van der Waals surface area (Å²) in [5, 5.41) is 4.47. The topological polar surface area (TPSA) is 81.1 Å². The highest BCUT2D eigenvalue weighted by Gasteiger charge is 2.16. The van der Waals surface area contributed by atoms with E-state index in [-0.39, 0.29) is 23.0 Å². The molecule has 0 radical (unpaired) electrons. The maximum Gasteiger partial charge on any atom is 0.266 e. The third-order valence-corrected chi connectivity index (χ3v) is 6.22. The van der Waals surface area contributed by atoms with Crippen molar-refractivity contribution in [3.8, 4) is 5.69 Å². The summed E-state index contributed by atoms with van der Waals surface area (Å²) < 4.78 is 1.44. The lowest BCUT2D eigenvalue weighted by molar-refractivity contribution is -0.113. The molecule has 33 heavy (non-hydrogen) atoms. The predicted molar refractivity (Wildman–Crippen MR) is 133 cm³/mol. The molecule has 9 heteroatoms. The minimum atomic E-state index is -0.336. The van der Waals surface area contributed by atoms with Crippen molar-refractivity contribution in [2.75, 3.05) is 11.1 Å². The number of ketones is 1. The Bertz CT molecular complexity index is 1440. The Kier molecular flexibility index (Phi) is 6.83. The van der Waals surface area contributed by atoms with Crippen LogP contribution in [0.3, 0.4) is 0 Å². The molecule has 0 bridgehead atoms. The number of nitrogens with zero attached hydrogens (tertiary/aromatic N) is 2. The second kappa shape index (κ2) is 9.79. The maximum absolute atomic E-state index is 13.3. The molecule has 3 aromatic carbocycles. The average Bonchev–Trinajstić information content (AvgIpc) is 2.78. The van der Waals surface area contributed by atoms with Gasteiger partial charge in [0.2, 0.25) is 5.91 Å². The normalized spacial score (nSPS) is 10.9. The van der Waals surface area contributed by atoms with Crippen LogP contribution in [0.5, 0.6) is 0 Å². The summed E-state index contributed by atoms with van der Waals surface area (Å²) in [6, 6.07) is 18.4. The largest absolute Gasteiger partial charge is 0.325 e. The number of carbonyl (C=O) groups is 2. The highest BCUT2D eigenvalue weighted by Crippen LogP contribution is 2.24. The lowest BCUT2D eigenvalue weighted by Gasteiger charge is -2.14. The van der Waals surface area contributed by atoms with Crippen LogP contribution in [0.4, 0.5) is 5.69 Å². The van der Waals surface area contributed by atoms with Gasteiger partial charge in [-0.25, -0.2) is 4.98 Å². The number of rotatable bonds is 6. The van der Waals surface area contributed by atoms with Gasteiger partial charge in [0.1, 0.15) is 0 Å². The first-order valence-corrected chi connectivity index (χ1v) is 11.6. The third-order valence-electron chi connectivity index (χ3n) is 4.80. The molecule has 0 saturated carbocycles. The molecule has 1 heterocycles. The van der Waals surface area contributed by atoms with Crippen molar-refractivity contribution in [3.63, 3.8) is 0 Å². The molecule has 0 spiro atoms. The lowest BCUT2D eigenvalue weighted by atomic mass is 10.1. The van der Waals surface area contributed by atoms with Crippen molar-refractivity contribution in [1.82, 2.24) is 9.55 Å². The summed E-state index contributed by atoms with van der Waals surface area (Å²) in [6.07, 6.45) is 0. The average molecular weight is 498 g/mol. The van der Waals surface area contributed by atoms with Crippen LogP contribution < -0.4 is 10.9 Å². The predicted octanol–water partition coefficient (Wildman–Crippen LogP) is 5.63. The van der Waals surface area contributed by atoms with Crippen molar-refractivity contribution >= 4 is 63.2 Å². The molecular formula is C24H17Cl2N3O3S. The number of aromatic nitrogens is 2. The van der Waals surface area contributed by atoms with Crippen LogP contribution in [0.25, 0.3) is 16.6 Å². The Morgan fingerprint density at radius 1 is 1.00 bits per heavy atom. The van der Waals surface area contributed by atoms with Gasteiger partial charge in [0.25, 0.3) is 5.56 Å². The van der Waals surface area contributed by atoms with E-state index in [2.05, 4.69) is 10.3 Å². The quantitative estimate of drug-likeness (QED) is 0.212. The molecule has 4 rings (SSSR count). The van der Waals surface area contributed by atoms with Gasteiger partial charge in [-0.05, 0) is 61.5 Å². The number of benzene rings is 3. The van der Waals surface area contributed by atoms with Gasteiger partial charge in [0, 0.05) is 15.6 Å². The highest BCUT2D eigenvalue weighted by molar-refractivity contribution is 7.99. The molecule has 0 aliphatic rings. The fraction of sp³-hybridized carbons (Fsp3) is 0.0833. The molecule has 1 N–H and O–H groups in total. The van der Waals surface area contributed by atoms with E-state index >= 15 is 0 Å². The Morgan fingerprint density at radius 3 is 2.42 bits per heavy atom. The summed E-state index contributed by atoms with van der Waals surface area (Å²) in [5.41, 5.74) is 1.57. The highest BCUT2D eigenvalue weighted by atomic mass is 35.5. The van der Waals surface area contributed by atoms with Crippen LogP contribution in [-0.2, 0) is 4.79 Å². The van der Waals surface area contributed by atoms with Crippen molar-refractivity contribution in [2.24, 2.45) is 0 Å². The molecule has 6 nitrogen and oxygen atoms in total. The fourth-order valence-electron chi connectivity index (χ4n) is 3.27. The number of anilines is 1. The number of hydrogen-bond acceptors (Lipinski definition) is 5. The summed E-state index contributed by atoms with van der Waals surface area (Å²) in [6.45, 7) is 1.44. The number of carbonyl (C=O) groups excluding carboxylic acids is 2. The van der Waals surface area contributed by atoms with Crippen LogP contribution in [-0.4, -0.2) is 27.0 Å². The van der Waals surface area contributed by atoms with Crippen LogP contribution in [0.15, 0.2) is 76.7 Å². The molecule has 0 unspecified atom stereocenters. The van der Waals surface area contributed by atoms with E-state index in [1.807, 2.05) is 0 Å². The number of nitrogens with one attached hydrogen (secondary N) is 1. The Balaban J connectivity index is 1.68. The SMILES string of the molecule is CC(=O)c1ccccc1NC(=O)CSc1nc2cc(Cl)ccc2c(=O)n1-c1ccc(Cl)cc1. The number of para-hydroxylation sites is 1. The zero-order valence-corrected chi connectivity index (χ0v) is 19.7. The number of fused-ring (bicyclic) bond motifs is 1. The van der Waals surface area contributed by atoms with Gasteiger partial charge in [-0.15, -0.1) is 0 Å². The maximum atomic E-state index is 13.3. The first-order chi connectivity index (χ1) is 15.8. The zero-order chi connectivity index (χ0) is 23.5. The first-order valence-electron chi connectivity index (χ1n) is 9.84. The smallest absolute Gasteiger partial charge is 0.266 e. The summed E-state index contributed by atoms with van der Waals surface area (Å²) in [7, 11) is 0. The third kappa shape index (κ3) is 5.11. The van der Waals surface area contributed by atoms with Crippen LogP contribution in [0, 0.1) is 0 Å². The fourth-order valence-corrected chi connectivity index (χ4v) is 4.37. The molecule has 166 valence electrons. The van der Waals surface area contributed by atoms with Gasteiger partial charge in [0.05, 0.1) is 28.0 Å². The summed E-state index contributed by atoms with van der Waals surface area (Å²) in [4.78, 5) is 42.4. The van der Waals surface area contributed by atoms with E-state index in [9.17, 15) is 14.4 Å². The molecule has 1 aromatic heterocycles. The molecule has 0 atom stereocenters. The van der Waals surface area contributed by atoms with Gasteiger partial charge in [-0.2, -0.15) is 0 Å². The van der Waals surface area contributed by atoms with Gasteiger partial charge in [-0.3, -0.25) is 19.0 Å². The molecule has 0 aliphatic carbocycles. The van der Waals surface area contributed by atoms with E-state index in [1.165, 1.54) is 11.5 Å². The second-order valence-electron chi connectivity index (χ2n) is 7.11. The monoisotopic (exact) mass is 497 g/mol. The molecule has 0 aliphatic heterocycles. The Labute approximate surface area is 203 Å². The number of thioether (sulfide) groups is 1. The van der Waals surface area contributed by atoms with Crippen LogP contribution in [0.1, 0.15) is 17.3 Å². The zero-order valence-electron chi connectivity index (χ0n) is 17.3. The number of hydrogen-bond donors (Lipinski definition) is 1. The van der Waals surface area contributed by atoms with E-state index in [0.717, 1.165) is 11.8 Å². The molecule has 0 saturated heterocycles. The summed E-state index contributed by atoms with van der Waals surface area (Å²) >= 11 is 13.2. The number of Topliss-reactive ketones (excluding diaryl/α,β-unsaturated/α-hetero) is 1. The number of halogens is 2. The van der Waals surface area contributed by atoms with Crippen molar-refractivity contribution in [3.05, 3.63) is 92.7 Å². The lowest BCUT2D eigenvalue weighted by Crippen LogP contribution is -2.23. The summed E-state index contributed by atoms with van der Waals surface area (Å²) in [5.74, 6) is -0.516. The molecule has 0 fully saturated rings. The van der Waals surface area contributed by atoms with Crippen molar-refractivity contribution in [2.45, 2.75) is 12.1 Å². The van der Waals surface area contributed by atoms with E-state index in [1.54, 1.807) is 66.7 Å². The van der Waals surface area contributed by atoms with Gasteiger partial charge in [0.15, 0.2) is 10.9 Å². The van der Waals surface area contributed by atoms with Crippen molar-refractivity contribution < 1.29 is 9.59 Å². The van der Waals surface area contributed by atoms with Gasteiger partial charge < -0.3 is 5.32 Å². The second-order valence-corrected chi connectivity index (χ2v) is 8.93. The van der Waals surface area contributed by atoms with E-state index < -0.39 is 0 Å². The van der Waals surface area contributed by atoms with E-state index in [4.69, 9.17) is 23.2 Å². The first kappa shape index (κ1) is 23.0. The Hall–Kier alpha value is -3.13. The van der Waals surface area contributed by atoms with E-state index in [0.29, 0.717) is 43.0 Å². The van der Waals surface area contributed by atoms with Gasteiger partial charge in [-0.1, -0.05) is 47.1 Å². The van der Waals surface area contributed by atoms with Crippen molar-refractivity contribution in [1.29, 1.82) is 0 Å². The minimum Gasteiger partial charge on any atom is -0.325 e. The Morgan fingerprint density at radius 2 is 1.70 bits per heavy atom.